The zero-order valence-electron chi connectivity index (χ0n) is 10.7. The SMILES string of the molecule is CC(C)NCc1ccnc(CCOCC(F)F)n1. The first-order chi connectivity index (χ1) is 8.58. The number of hydrogen-bond acceptors (Lipinski definition) is 4. The van der Waals surface area contributed by atoms with E-state index in [1.165, 1.54) is 0 Å². The molecule has 6 heteroatoms. The van der Waals surface area contributed by atoms with E-state index in [9.17, 15) is 8.78 Å². The summed E-state index contributed by atoms with van der Waals surface area (Å²) in [5, 5.41) is 3.25. The van der Waals surface area contributed by atoms with Crippen LogP contribution in [0.1, 0.15) is 25.4 Å². The molecule has 102 valence electrons. The number of nitrogens with zero attached hydrogens (tertiary/aromatic N) is 2. The van der Waals surface area contributed by atoms with Gasteiger partial charge in [0.1, 0.15) is 12.4 Å². The van der Waals surface area contributed by atoms with E-state index in [1.807, 2.05) is 6.07 Å². The average Bonchev–Trinajstić information content (AvgIpc) is 2.32. The van der Waals surface area contributed by atoms with Gasteiger partial charge in [0, 0.05) is 25.2 Å². The Hall–Kier alpha value is -1.14. The Labute approximate surface area is 106 Å². The van der Waals surface area contributed by atoms with Crippen molar-refractivity contribution in [3.05, 3.63) is 23.8 Å². The van der Waals surface area contributed by atoms with Crippen LogP contribution in [0.4, 0.5) is 8.78 Å². The lowest BCUT2D eigenvalue weighted by Gasteiger charge is -2.08. The highest BCUT2D eigenvalue weighted by Gasteiger charge is 2.04. The van der Waals surface area contributed by atoms with Crippen molar-refractivity contribution < 1.29 is 13.5 Å². The molecule has 1 rings (SSSR count). The van der Waals surface area contributed by atoms with Crippen molar-refractivity contribution in [1.82, 2.24) is 15.3 Å². The van der Waals surface area contributed by atoms with E-state index in [2.05, 4.69) is 29.1 Å². The molecule has 1 heterocycles. The second kappa shape index (κ2) is 8.05. The van der Waals surface area contributed by atoms with E-state index in [0.29, 0.717) is 24.8 Å². The van der Waals surface area contributed by atoms with E-state index in [1.54, 1.807) is 6.20 Å². The van der Waals surface area contributed by atoms with E-state index < -0.39 is 13.0 Å². The minimum absolute atomic E-state index is 0.214. The Bertz CT molecular complexity index is 348. The molecule has 0 aliphatic rings. The Balaban J connectivity index is 2.34. The highest BCUT2D eigenvalue weighted by molar-refractivity contribution is 5.02. The van der Waals surface area contributed by atoms with Crippen LogP contribution in [0, 0.1) is 0 Å². The Morgan fingerprint density at radius 2 is 2.17 bits per heavy atom. The molecule has 4 nitrogen and oxygen atoms in total. The fourth-order valence-corrected chi connectivity index (χ4v) is 1.30. The summed E-state index contributed by atoms with van der Waals surface area (Å²) in [5.41, 5.74) is 0.891. The summed E-state index contributed by atoms with van der Waals surface area (Å²) in [4.78, 5) is 8.40. The van der Waals surface area contributed by atoms with E-state index >= 15 is 0 Å². The summed E-state index contributed by atoms with van der Waals surface area (Å²) in [6.45, 7) is 4.46. The molecule has 0 amide bonds. The van der Waals surface area contributed by atoms with Crippen LogP contribution in [-0.2, 0) is 17.7 Å². The van der Waals surface area contributed by atoms with Crippen molar-refractivity contribution in [2.75, 3.05) is 13.2 Å². The van der Waals surface area contributed by atoms with Gasteiger partial charge in [0.2, 0.25) is 0 Å². The second-order valence-corrected chi connectivity index (χ2v) is 4.22. The minimum atomic E-state index is -2.42. The number of halogens is 2. The summed E-state index contributed by atoms with van der Waals surface area (Å²) in [7, 11) is 0. The molecule has 1 aromatic rings. The molecule has 0 aliphatic heterocycles. The molecular formula is C12H19F2N3O. The summed E-state index contributed by atoms with van der Waals surface area (Å²) in [5.74, 6) is 0.618. The third-order valence-electron chi connectivity index (χ3n) is 2.17. The fraction of sp³-hybridized carbons (Fsp3) is 0.667. The third kappa shape index (κ3) is 6.56. The van der Waals surface area contributed by atoms with Gasteiger partial charge in [-0.05, 0) is 6.07 Å². The lowest BCUT2D eigenvalue weighted by molar-refractivity contribution is 0.0182. The van der Waals surface area contributed by atoms with Crippen LogP contribution in [0.5, 0.6) is 0 Å². The van der Waals surface area contributed by atoms with Crippen LogP contribution in [-0.4, -0.2) is 35.6 Å². The summed E-state index contributed by atoms with van der Waals surface area (Å²) < 4.78 is 28.5. The maximum absolute atomic E-state index is 11.8. The summed E-state index contributed by atoms with van der Waals surface area (Å²) in [6, 6.07) is 2.22. The quantitative estimate of drug-likeness (QED) is 0.723. The van der Waals surface area contributed by atoms with Crippen LogP contribution < -0.4 is 5.32 Å². The van der Waals surface area contributed by atoms with Gasteiger partial charge in [0.05, 0.1) is 12.3 Å². The van der Waals surface area contributed by atoms with Crippen molar-refractivity contribution in [2.45, 2.75) is 39.3 Å². The Morgan fingerprint density at radius 1 is 1.39 bits per heavy atom. The minimum Gasteiger partial charge on any atom is -0.375 e. The average molecular weight is 259 g/mol. The van der Waals surface area contributed by atoms with Crippen LogP contribution in [0.15, 0.2) is 12.3 Å². The Kier molecular flexibility index (Phi) is 6.67. The second-order valence-electron chi connectivity index (χ2n) is 4.22. The maximum Gasteiger partial charge on any atom is 0.261 e. The molecule has 0 aromatic carbocycles. The lowest BCUT2D eigenvalue weighted by atomic mass is 10.3. The van der Waals surface area contributed by atoms with Crippen molar-refractivity contribution in [3.8, 4) is 0 Å². The van der Waals surface area contributed by atoms with Crippen molar-refractivity contribution in [2.24, 2.45) is 0 Å². The standard InChI is InChI=1S/C12H19F2N3O/c1-9(2)16-7-10-3-5-15-12(17-10)4-6-18-8-11(13)14/h3,5,9,11,16H,4,6-8H2,1-2H3. The predicted octanol–water partition coefficient (Wildman–Crippen LogP) is 1.80. The highest BCUT2D eigenvalue weighted by Crippen LogP contribution is 1.99. The van der Waals surface area contributed by atoms with Crippen LogP contribution in [0.25, 0.3) is 0 Å². The molecule has 0 saturated heterocycles. The normalized spacial score (nSPS) is 11.4. The largest absolute Gasteiger partial charge is 0.375 e. The predicted molar refractivity (Wildman–Crippen MR) is 64.5 cm³/mol. The number of alkyl halides is 2. The van der Waals surface area contributed by atoms with Crippen LogP contribution in [0.3, 0.4) is 0 Å². The lowest BCUT2D eigenvalue weighted by Crippen LogP contribution is -2.22. The van der Waals surface area contributed by atoms with E-state index in [4.69, 9.17) is 4.74 Å². The highest BCUT2D eigenvalue weighted by atomic mass is 19.3. The van der Waals surface area contributed by atoms with Crippen molar-refractivity contribution >= 4 is 0 Å². The molecule has 1 aromatic heterocycles. The molecule has 0 unspecified atom stereocenters. The molecule has 0 spiro atoms. The smallest absolute Gasteiger partial charge is 0.261 e. The Morgan fingerprint density at radius 3 is 2.83 bits per heavy atom. The maximum atomic E-state index is 11.8. The van der Waals surface area contributed by atoms with Crippen molar-refractivity contribution in [1.29, 1.82) is 0 Å². The van der Waals surface area contributed by atoms with Crippen LogP contribution >= 0.6 is 0 Å². The zero-order valence-corrected chi connectivity index (χ0v) is 10.7. The number of hydrogen-bond donors (Lipinski definition) is 1. The molecule has 0 aliphatic carbocycles. The number of ether oxygens (including phenoxy) is 1. The van der Waals surface area contributed by atoms with Crippen molar-refractivity contribution in [3.63, 3.8) is 0 Å². The van der Waals surface area contributed by atoms with E-state index in [0.717, 1.165) is 5.69 Å². The molecule has 0 saturated carbocycles. The number of aromatic nitrogens is 2. The van der Waals surface area contributed by atoms with Gasteiger partial charge >= 0.3 is 0 Å². The first-order valence-corrected chi connectivity index (χ1v) is 5.98. The van der Waals surface area contributed by atoms with Gasteiger partial charge in [-0.25, -0.2) is 18.7 Å². The summed E-state index contributed by atoms with van der Waals surface area (Å²) >= 11 is 0. The monoisotopic (exact) mass is 259 g/mol. The molecule has 0 fully saturated rings. The molecule has 1 N–H and O–H groups in total. The number of rotatable bonds is 8. The fourth-order valence-electron chi connectivity index (χ4n) is 1.30. The van der Waals surface area contributed by atoms with E-state index in [-0.39, 0.29) is 6.61 Å². The van der Waals surface area contributed by atoms with Gasteiger partial charge in [0.25, 0.3) is 6.43 Å². The molecule has 0 bridgehead atoms. The number of nitrogens with one attached hydrogen (secondary N) is 1. The zero-order chi connectivity index (χ0) is 13.4. The van der Waals surface area contributed by atoms with Crippen LogP contribution in [0.2, 0.25) is 0 Å². The van der Waals surface area contributed by atoms with Gasteiger partial charge in [-0.3, -0.25) is 0 Å². The van der Waals surface area contributed by atoms with Gasteiger partial charge in [-0.1, -0.05) is 13.8 Å². The molecule has 0 radical (unpaired) electrons. The van der Waals surface area contributed by atoms with Gasteiger partial charge in [0.15, 0.2) is 0 Å². The third-order valence-corrected chi connectivity index (χ3v) is 2.17. The molecular weight excluding hydrogens is 240 g/mol. The molecule has 18 heavy (non-hydrogen) atoms. The van der Waals surface area contributed by atoms with Gasteiger partial charge in [-0.15, -0.1) is 0 Å². The summed E-state index contributed by atoms with van der Waals surface area (Å²) in [6.07, 6.45) is -0.304. The van der Waals surface area contributed by atoms with Gasteiger partial charge in [-0.2, -0.15) is 0 Å². The first kappa shape index (κ1) is 14.9. The first-order valence-electron chi connectivity index (χ1n) is 5.98. The molecule has 0 atom stereocenters. The topological polar surface area (TPSA) is 47.0 Å². The van der Waals surface area contributed by atoms with Gasteiger partial charge < -0.3 is 10.1 Å².